The Morgan fingerprint density at radius 3 is 3.00 bits per heavy atom. The van der Waals surface area contributed by atoms with E-state index in [1.807, 2.05) is 29.8 Å². The summed E-state index contributed by atoms with van der Waals surface area (Å²) in [4.78, 5) is 4.29. The third-order valence-corrected chi connectivity index (χ3v) is 2.22. The molecule has 2 N–H and O–H groups in total. The van der Waals surface area contributed by atoms with Gasteiger partial charge >= 0.3 is 0 Å². The molecule has 2 rings (SSSR count). The summed E-state index contributed by atoms with van der Waals surface area (Å²) in [6, 6.07) is 4.06. The Hall–Kier alpha value is -1.35. The number of rotatable bonds is 1. The van der Waals surface area contributed by atoms with E-state index in [2.05, 4.69) is 18.0 Å². The Kier molecular flexibility index (Phi) is 1.81. The maximum atomic E-state index is 5.79. The summed E-state index contributed by atoms with van der Waals surface area (Å²) in [7, 11) is 0. The minimum Gasteiger partial charge on any atom is -0.322 e. The SMILES string of the molecule is Cc1cccn2c([C@@H](C)N)ncc12. The highest BCUT2D eigenvalue weighted by molar-refractivity contribution is 5.53. The molecule has 0 saturated carbocycles. The van der Waals surface area contributed by atoms with Gasteiger partial charge in [-0.3, -0.25) is 0 Å². The van der Waals surface area contributed by atoms with E-state index in [0.29, 0.717) is 0 Å². The number of pyridine rings is 1. The fourth-order valence-electron chi connectivity index (χ4n) is 1.52. The van der Waals surface area contributed by atoms with Gasteiger partial charge in [-0.15, -0.1) is 0 Å². The molecule has 0 aromatic carbocycles. The van der Waals surface area contributed by atoms with Crippen molar-refractivity contribution < 1.29 is 0 Å². The molecule has 0 aliphatic carbocycles. The maximum Gasteiger partial charge on any atom is 0.129 e. The molecule has 3 nitrogen and oxygen atoms in total. The van der Waals surface area contributed by atoms with Gasteiger partial charge in [0.2, 0.25) is 0 Å². The standard InChI is InChI=1S/C10H13N3/c1-7-4-3-5-13-9(7)6-12-10(13)8(2)11/h3-6,8H,11H2,1-2H3/t8-/m1/s1. The van der Waals surface area contributed by atoms with Gasteiger partial charge in [-0.25, -0.2) is 4.98 Å². The Bertz CT molecular complexity index is 429. The van der Waals surface area contributed by atoms with Crippen LogP contribution in [0.2, 0.25) is 0 Å². The van der Waals surface area contributed by atoms with E-state index in [4.69, 9.17) is 5.73 Å². The highest BCUT2D eigenvalue weighted by Gasteiger charge is 2.07. The largest absolute Gasteiger partial charge is 0.322 e. The second-order valence-electron chi connectivity index (χ2n) is 3.35. The number of aryl methyl sites for hydroxylation is 1. The summed E-state index contributed by atoms with van der Waals surface area (Å²) in [5.74, 6) is 0.915. The van der Waals surface area contributed by atoms with E-state index >= 15 is 0 Å². The van der Waals surface area contributed by atoms with Crippen molar-refractivity contribution in [1.29, 1.82) is 0 Å². The number of hydrogen-bond acceptors (Lipinski definition) is 2. The minimum absolute atomic E-state index is 0.0238. The van der Waals surface area contributed by atoms with Gasteiger partial charge in [0.15, 0.2) is 0 Å². The number of nitrogens with two attached hydrogens (primary N) is 1. The average Bonchev–Trinajstić information content (AvgIpc) is 2.48. The van der Waals surface area contributed by atoms with Crippen LogP contribution in [0.4, 0.5) is 0 Å². The Balaban J connectivity index is 2.75. The van der Waals surface area contributed by atoms with Gasteiger partial charge in [0.1, 0.15) is 5.82 Å². The molecule has 0 unspecified atom stereocenters. The number of imidazole rings is 1. The molecule has 1 atom stereocenters. The highest BCUT2D eigenvalue weighted by atomic mass is 15.0. The van der Waals surface area contributed by atoms with Crippen LogP contribution < -0.4 is 5.73 Å². The Labute approximate surface area is 77.2 Å². The highest BCUT2D eigenvalue weighted by Crippen LogP contribution is 2.14. The van der Waals surface area contributed by atoms with Gasteiger partial charge < -0.3 is 10.1 Å². The van der Waals surface area contributed by atoms with E-state index in [-0.39, 0.29) is 6.04 Å². The van der Waals surface area contributed by atoms with Gasteiger partial charge in [0, 0.05) is 6.20 Å². The first kappa shape index (κ1) is 8.26. The molecule has 0 radical (unpaired) electrons. The van der Waals surface area contributed by atoms with Gasteiger partial charge in [0.05, 0.1) is 17.8 Å². The number of hydrogen-bond donors (Lipinski definition) is 1. The maximum absolute atomic E-state index is 5.79. The van der Waals surface area contributed by atoms with Gasteiger partial charge in [-0.05, 0) is 25.5 Å². The van der Waals surface area contributed by atoms with Crippen molar-refractivity contribution in [1.82, 2.24) is 9.38 Å². The molecule has 13 heavy (non-hydrogen) atoms. The first-order valence-electron chi connectivity index (χ1n) is 4.38. The lowest BCUT2D eigenvalue weighted by molar-refractivity contribution is 0.735. The summed E-state index contributed by atoms with van der Waals surface area (Å²) in [6.07, 6.45) is 3.86. The molecular formula is C10H13N3. The van der Waals surface area contributed by atoms with Crippen LogP contribution >= 0.6 is 0 Å². The van der Waals surface area contributed by atoms with Crippen LogP contribution in [0.3, 0.4) is 0 Å². The minimum atomic E-state index is -0.0238. The normalized spacial score (nSPS) is 13.5. The van der Waals surface area contributed by atoms with E-state index in [0.717, 1.165) is 11.3 Å². The van der Waals surface area contributed by atoms with Gasteiger partial charge in [-0.1, -0.05) is 6.07 Å². The number of fused-ring (bicyclic) bond motifs is 1. The van der Waals surface area contributed by atoms with E-state index in [1.165, 1.54) is 5.56 Å². The third kappa shape index (κ3) is 1.21. The topological polar surface area (TPSA) is 43.3 Å². The van der Waals surface area contributed by atoms with Crippen LogP contribution in [0, 0.1) is 6.92 Å². The summed E-state index contributed by atoms with van der Waals surface area (Å²) in [5, 5.41) is 0. The lowest BCUT2D eigenvalue weighted by Gasteiger charge is -2.04. The first-order chi connectivity index (χ1) is 6.20. The lowest BCUT2D eigenvalue weighted by Crippen LogP contribution is -2.09. The molecular weight excluding hydrogens is 162 g/mol. The van der Waals surface area contributed by atoms with Crippen molar-refractivity contribution in [2.24, 2.45) is 5.73 Å². The van der Waals surface area contributed by atoms with Gasteiger partial charge in [-0.2, -0.15) is 0 Å². The van der Waals surface area contributed by atoms with Crippen LogP contribution in [0.1, 0.15) is 24.4 Å². The fourth-order valence-corrected chi connectivity index (χ4v) is 1.52. The second-order valence-corrected chi connectivity index (χ2v) is 3.35. The predicted octanol–water partition coefficient (Wildman–Crippen LogP) is 1.66. The molecule has 2 aromatic heterocycles. The average molecular weight is 175 g/mol. The predicted molar refractivity (Wildman–Crippen MR) is 52.5 cm³/mol. The van der Waals surface area contributed by atoms with Crippen molar-refractivity contribution in [3.05, 3.63) is 35.9 Å². The monoisotopic (exact) mass is 175 g/mol. The van der Waals surface area contributed by atoms with Crippen LogP contribution in [0.15, 0.2) is 24.5 Å². The quantitative estimate of drug-likeness (QED) is 0.716. The lowest BCUT2D eigenvalue weighted by atomic mass is 10.2. The Morgan fingerprint density at radius 2 is 2.31 bits per heavy atom. The van der Waals surface area contributed by atoms with Crippen molar-refractivity contribution in [3.8, 4) is 0 Å². The molecule has 0 saturated heterocycles. The molecule has 0 spiro atoms. The summed E-state index contributed by atoms with van der Waals surface area (Å²) in [5.41, 5.74) is 8.15. The first-order valence-corrected chi connectivity index (χ1v) is 4.38. The van der Waals surface area contributed by atoms with Crippen molar-refractivity contribution in [2.75, 3.05) is 0 Å². The molecule has 0 aliphatic heterocycles. The van der Waals surface area contributed by atoms with Crippen LogP contribution in [-0.2, 0) is 0 Å². The number of nitrogens with zero attached hydrogens (tertiary/aromatic N) is 2. The van der Waals surface area contributed by atoms with Crippen molar-refractivity contribution in [2.45, 2.75) is 19.9 Å². The second kappa shape index (κ2) is 2.85. The van der Waals surface area contributed by atoms with Crippen LogP contribution in [0.25, 0.3) is 5.52 Å². The fraction of sp³-hybridized carbons (Fsp3) is 0.300. The smallest absolute Gasteiger partial charge is 0.129 e. The summed E-state index contributed by atoms with van der Waals surface area (Å²) >= 11 is 0. The zero-order valence-electron chi connectivity index (χ0n) is 7.86. The van der Waals surface area contributed by atoms with Crippen LogP contribution in [-0.4, -0.2) is 9.38 Å². The van der Waals surface area contributed by atoms with Crippen molar-refractivity contribution >= 4 is 5.52 Å². The van der Waals surface area contributed by atoms with E-state index in [1.54, 1.807) is 0 Å². The van der Waals surface area contributed by atoms with Crippen LogP contribution in [0.5, 0.6) is 0 Å². The molecule has 0 aliphatic rings. The number of aromatic nitrogens is 2. The zero-order chi connectivity index (χ0) is 9.42. The van der Waals surface area contributed by atoms with Gasteiger partial charge in [0.25, 0.3) is 0 Å². The summed E-state index contributed by atoms with van der Waals surface area (Å²) < 4.78 is 2.04. The molecule has 0 bridgehead atoms. The third-order valence-electron chi connectivity index (χ3n) is 2.22. The molecule has 2 heterocycles. The zero-order valence-corrected chi connectivity index (χ0v) is 7.86. The van der Waals surface area contributed by atoms with E-state index < -0.39 is 0 Å². The molecule has 2 aromatic rings. The Morgan fingerprint density at radius 1 is 1.54 bits per heavy atom. The molecule has 0 fully saturated rings. The van der Waals surface area contributed by atoms with E-state index in [9.17, 15) is 0 Å². The van der Waals surface area contributed by atoms with Crippen molar-refractivity contribution in [3.63, 3.8) is 0 Å². The molecule has 0 amide bonds. The summed E-state index contributed by atoms with van der Waals surface area (Å²) in [6.45, 7) is 4.01. The molecule has 3 heteroatoms. The molecule has 68 valence electrons.